The van der Waals surface area contributed by atoms with Crippen LogP contribution in [0.1, 0.15) is 18.5 Å². The fourth-order valence-electron chi connectivity index (χ4n) is 2.49. The molecule has 5 nitrogen and oxygen atoms in total. The molecule has 116 valence electrons. The summed E-state index contributed by atoms with van der Waals surface area (Å²) in [6.07, 6.45) is 1.43. The number of methoxy groups -OCH3 is 1. The van der Waals surface area contributed by atoms with Gasteiger partial charge >= 0.3 is 5.97 Å². The second-order valence-corrected chi connectivity index (χ2v) is 6.31. The van der Waals surface area contributed by atoms with Gasteiger partial charge in [-0.3, -0.25) is 4.79 Å². The number of hydrogen-bond acceptors (Lipinski definition) is 5. The van der Waals surface area contributed by atoms with Crippen molar-refractivity contribution in [1.82, 2.24) is 10.3 Å². The van der Waals surface area contributed by atoms with Gasteiger partial charge < -0.3 is 15.2 Å². The molecule has 1 aliphatic carbocycles. The van der Waals surface area contributed by atoms with E-state index in [2.05, 4.69) is 10.3 Å². The van der Waals surface area contributed by atoms with Crippen molar-refractivity contribution in [3.05, 3.63) is 35.3 Å². The highest BCUT2D eigenvalue weighted by molar-refractivity contribution is 7.13. The first kappa shape index (κ1) is 15.0. The SMILES string of the molecule is COc1ccc(-c2nc(CNC3CC(C(=O)O)C3)cs2)cc1. The van der Waals surface area contributed by atoms with Crippen LogP contribution in [0.15, 0.2) is 29.6 Å². The van der Waals surface area contributed by atoms with Gasteiger partial charge in [-0.05, 0) is 37.1 Å². The fourth-order valence-corrected chi connectivity index (χ4v) is 3.32. The molecule has 22 heavy (non-hydrogen) atoms. The number of aliphatic carboxylic acids is 1. The molecule has 1 saturated carbocycles. The van der Waals surface area contributed by atoms with Gasteiger partial charge in [0.2, 0.25) is 0 Å². The maximum Gasteiger partial charge on any atom is 0.306 e. The zero-order valence-electron chi connectivity index (χ0n) is 12.3. The lowest BCUT2D eigenvalue weighted by molar-refractivity contribution is -0.145. The van der Waals surface area contributed by atoms with Gasteiger partial charge in [0.05, 0.1) is 18.7 Å². The summed E-state index contributed by atoms with van der Waals surface area (Å²) >= 11 is 1.61. The van der Waals surface area contributed by atoms with Gasteiger partial charge in [-0.2, -0.15) is 0 Å². The number of thiazole rings is 1. The van der Waals surface area contributed by atoms with Crippen molar-refractivity contribution in [3.8, 4) is 16.3 Å². The van der Waals surface area contributed by atoms with E-state index >= 15 is 0 Å². The number of hydrogen-bond donors (Lipinski definition) is 2. The number of nitrogens with zero attached hydrogens (tertiary/aromatic N) is 1. The summed E-state index contributed by atoms with van der Waals surface area (Å²) in [7, 11) is 1.65. The molecule has 1 aliphatic rings. The normalized spacial score (nSPS) is 20.4. The molecule has 0 amide bonds. The number of ether oxygens (including phenoxy) is 1. The highest BCUT2D eigenvalue weighted by Crippen LogP contribution is 2.29. The molecule has 2 aromatic rings. The van der Waals surface area contributed by atoms with Crippen LogP contribution in [0, 0.1) is 5.92 Å². The first-order valence-electron chi connectivity index (χ1n) is 7.20. The Kier molecular flexibility index (Phi) is 4.40. The van der Waals surface area contributed by atoms with Gasteiger partial charge in [0.25, 0.3) is 0 Å². The Bertz CT molecular complexity index is 648. The average Bonchev–Trinajstić information content (AvgIpc) is 2.94. The monoisotopic (exact) mass is 318 g/mol. The molecule has 0 radical (unpaired) electrons. The van der Waals surface area contributed by atoms with Crippen LogP contribution in [0.3, 0.4) is 0 Å². The highest BCUT2D eigenvalue weighted by atomic mass is 32.1. The molecule has 1 aromatic heterocycles. The molecule has 1 fully saturated rings. The maximum absolute atomic E-state index is 10.8. The van der Waals surface area contributed by atoms with E-state index in [1.807, 2.05) is 29.6 Å². The van der Waals surface area contributed by atoms with E-state index in [0.717, 1.165) is 22.0 Å². The number of benzene rings is 1. The third-order valence-electron chi connectivity index (χ3n) is 3.95. The van der Waals surface area contributed by atoms with Crippen LogP contribution in [0.25, 0.3) is 10.6 Å². The van der Waals surface area contributed by atoms with Gasteiger partial charge in [0.1, 0.15) is 10.8 Å². The zero-order valence-corrected chi connectivity index (χ0v) is 13.1. The number of carboxylic acids is 1. The van der Waals surface area contributed by atoms with Crippen LogP contribution in [-0.2, 0) is 11.3 Å². The van der Waals surface area contributed by atoms with Crippen molar-refractivity contribution in [3.63, 3.8) is 0 Å². The summed E-state index contributed by atoms with van der Waals surface area (Å²) in [6.45, 7) is 0.684. The van der Waals surface area contributed by atoms with Crippen molar-refractivity contribution >= 4 is 17.3 Å². The predicted octanol–water partition coefficient (Wildman–Crippen LogP) is 2.77. The van der Waals surface area contributed by atoms with Crippen LogP contribution in [0.2, 0.25) is 0 Å². The van der Waals surface area contributed by atoms with Gasteiger partial charge in [0, 0.05) is 23.5 Å². The van der Waals surface area contributed by atoms with E-state index < -0.39 is 5.97 Å². The minimum Gasteiger partial charge on any atom is -0.497 e. The second kappa shape index (κ2) is 6.46. The van der Waals surface area contributed by atoms with E-state index in [9.17, 15) is 4.79 Å². The summed E-state index contributed by atoms with van der Waals surface area (Å²) in [5.74, 6) is -0.0311. The molecular weight excluding hydrogens is 300 g/mol. The molecule has 0 atom stereocenters. The number of rotatable bonds is 6. The van der Waals surface area contributed by atoms with E-state index in [1.54, 1.807) is 18.4 Å². The number of aromatic nitrogens is 1. The van der Waals surface area contributed by atoms with Crippen molar-refractivity contribution in [2.75, 3.05) is 7.11 Å². The molecule has 1 heterocycles. The zero-order chi connectivity index (χ0) is 15.5. The standard InChI is InChI=1S/C16H18N2O3S/c1-21-14-4-2-10(3-5-14)15-18-13(9-22-15)8-17-12-6-11(7-12)16(19)20/h2-5,9,11-12,17H,6-8H2,1H3,(H,19,20). The number of carboxylic acid groups (broad SMARTS) is 1. The summed E-state index contributed by atoms with van der Waals surface area (Å²) in [4.78, 5) is 15.4. The van der Waals surface area contributed by atoms with Crippen molar-refractivity contribution < 1.29 is 14.6 Å². The molecule has 0 bridgehead atoms. The Morgan fingerprint density at radius 2 is 2.14 bits per heavy atom. The van der Waals surface area contributed by atoms with Crippen LogP contribution < -0.4 is 10.1 Å². The summed E-state index contributed by atoms with van der Waals surface area (Å²) in [5, 5.41) is 15.2. The quantitative estimate of drug-likeness (QED) is 0.857. The molecular formula is C16H18N2O3S. The first-order chi connectivity index (χ1) is 10.7. The van der Waals surface area contributed by atoms with Crippen LogP contribution in [-0.4, -0.2) is 29.2 Å². The highest BCUT2D eigenvalue weighted by Gasteiger charge is 2.33. The Morgan fingerprint density at radius 3 is 2.77 bits per heavy atom. The van der Waals surface area contributed by atoms with Gasteiger partial charge in [0.15, 0.2) is 0 Å². The fraction of sp³-hybridized carbons (Fsp3) is 0.375. The molecule has 0 aliphatic heterocycles. The van der Waals surface area contributed by atoms with Gasteiger partial charge in [-0.15, -0.1) is 11.3 Å². The third-order valence-corrected chi connectivity index (χ3v) is 4.89. The van der Waals surface area contributed by atoms with Crippen molar-refractivity contribution in [1.29, 1.82) is 0 Å². The van der Waals surface area contributed by atoms with Crippen LogP contribution in [0.4, 0.5) is 0 Å². The molecule has 1 aromatic carbocycles. The molecule has 0 spiro atoms. The van der Waals surface area contributed by atoms with E-state index in [4.69, 9.17) is 9.84 Å². The lowest BCUT2D eigenvalue weighted by Gasteiger charge is -2.32. The van der Waals surface area contributed by atoms with Crippen LogP contribution in [0.5, 0.6) is 5.75 Å². The predicted molar refractivity (Wildman–Crippen MR) is 85.1 cm³/mol. The lowest BCUT2D eigenvalue weighted by atomic mass is 9.80. The summed E-state index contributed by atoms with van der Waals surface area (Å²) in [5.41, 5.74) is 2.07. The number of nitrogens with one attached hydrogen (secondary N) is 1. The summed E-state index contributed by atoms with van der Waals surface area (Å²) in [6, 6.07) is 8.15. The molecule has 3 rings (SSSR count). The van der Waals surface area contributed by atoms with Gasteiger partial charge in [-0.1, -0.05) is 0 Å². The van der Waals surface area contributed by atoms with Crippen LogP contribution >= 0.6 is 11.3 Å². The van der Waals surface area contributed by atoms with E-state index in [-0.39, 0.29) is 5.92 Å². The van der Waals surface area contributed by atoms with Gasteiger partial charge in [-0.25, -0.2) is 4.98 Å². The Labute approximate surface area is 133 Å². The lowest BCUT2D eigenvalue weighted by Crippen LogP contribution is -2.43. The Hall–Kier alpha value is -1.92. The molecule has 2 N–H and O–H groups in total. The maximum atomic E-state index is 10.8. The molecule has 0 unspecified atom stereocenters. The Balaban J connectivity index is 1.54. The third kappa shape index (κ3) is 3.28. The van der Waals surface area contributed by atoms with E-state index in [1.165, 1.54) is 0 Å². The van der Waals surface area contributed by atoms with Crippen molar-refractivity contribution in [2.24, 2.45) is 5.92 Å². The second-order valence-electron chi connectivity index (χ2n) is 5.46. The summed E-state index contributed by atoms with van der Waals surface area (Å²) < 4.78 is 5.15. The first-order valence-corrected chi connectivity index (χ1v) is 8.08. The average molecular weight is 318 g/mol. The Morgan fingerprint density at radius 1 is 1.41 bits per heavy atom. The molecule has 6 heteroatoms. The largest absolute Gasteiger partial charge is 0.497 e. The topological polar surface area (TPSA) is 71.5 Å². The minimum atomic E-state index is -0.687. The van der Waals surface area contributed by atoms with Crippen molar-refractivity contribution in [2.45, 2.75) is 25.4 Å². The minimum absolute atomic E-state index is 0.178. The number of carbonyl (C=O) groups is 1. The molecule has 0 saturated heterocycles. The smallest absolute Gasteiger partial charge is 0.306 e. The van der Waals surface area contributed by atoms with E-state index in [0.29, 0.717) is 25.4 Å².